The van der Waals surface area contributed by atoms with Gasteiger partial charge in [0.2, 0.25) is 0 Å². The highest BCUT2D eigenvalue weighted by atomic mass is 35.5. The van der Waals surface area contributed by atoms with E-state index in [1.165, 1.54) is 12.1 Å². The van der Waals surface area contributed by atoms with Crippen LogP contribution in [0.25, 0.3) is 22.4 Å². The van der Waals surface area contributed by atoms with Crippen molar-refractivity contribution in [2.75, 3.05) is 6.54 Å². The van der Waals surface area contributed by atoms with Crippen LogP contribution < -0.4 is 10.6 Å². The van der Waals surface area contributed by atoms with Gasteiger partial charge in [0.15, 0.2) is 0 Å². The van der Waals surface area contributed by atoms with Gasteiger partial charge in [-0.2, -0.15) is 0 Å². The number of halogens is 2. The number of aryl methyl sites for hydroxylation is 1. The zero-order valence-corrected chi connectivity index (χ0v) is 16.5. The van der Waals surface area contributed by atoms with Crippen molar-refractivity contribution in [3.05, 3.63) is 47.4 Å². The number of piperidine rings is 1. The lowest BCUT2D eigenvalue weighted by Gasteiger charge is -2.28. The molecular formula is C20H22ClFN4O2. The lowest BCUT2D eigenvalue weighted by molar-refractivity contribution is 0.0927. The fourth-order valence-electron chi connectivity index (χ4n) is 3.57. The van der Waals surface area contributed by atoms with Crippen LogP contribution in [0.5, 0.6) is 0 Å². The summed E-state index contributed by atoms with van der Waals surface area (Å²) in [6.07, 6.45) is 1.77. The number of rotatable bonds is 3. The van der Waals surface area contributed by atoms with Gasteiger partial charge in [-0.3, -0.25) is 4.79 Å². The number of nitrogens with one attached hydrogen (secondary N) is 2. The highest BCUT2D eigenvalue weighted by Crippen LogP contribution is 2.27. The Labute approximate surface area is 168 Å². The molecule has 1 aromatic carbocycles. The number of hydrogen-bond donors (Lipinski definition) is 2. The molecule has 0 bridgehead atoms. The quantitative estimate of drug-likeness (QED) is 0.696. The third-order valence-electron chi connectivity index (χ3n) is 4.96. The zero-order chi connectivity index (χ0) is 19.0. The molecule has 0 radical (unpaired) electrons. The third kappa shape index (κ3) is 4.00. The average molecular weight is 405 g/mol. The van der Waals surface area contributed by atoms with E-state index >= 15 is 0 Å². The van der Waals surface area contributed by atoms with Gasteiger partial charge in [-0.05, 0) is 63.6 Å². The molecule has 8 heteroatoms. The highest BCUT2D eigenvalue weighted by Gasteiger charge is 2.24. The van der Waals surface area contributed by atoms with Gasteiger partial charge in [0, 0.05) is 17.6 Å². The van der Waals surface area contributed by atoms with Crippen LogP contribution in [0.15, 0.2) is 34.9 Å². The van der Waals surface area contributed by atoms with Gasteiger partial charge in [0.05, 0.1) is 22.3 Å². The zero-order valence-electron chi connectivity index (χ0n) is 15.7. The molecule has 0 saturated carbocycles. The predicted octanol–water partition coefficient (Wildman–Crippen LogP) is 3.63. The third-order valence-corrected chi connectivity index (χ3v) is 4.96. The average Bonchev–Trinajstić information content (AvgIpc) is 3.03. The Kier molecular flexibility index (Phi) is 5.96. The first-order chi connectivity index (χ1) is 13.0. The van der Waals surface area contributed by atoms with E-state index in [0.29, 0.717) is 39.7 Å². The Morgan fingerprint density at radius 1 is 1.32 bits per heavy atom. The molecule has 3 heterocycles. The first-order valence-electron chi connectivity index (χ1n) is 9.08. The molecule has 1 amide bonds. The number of fused-ring (bicyclic) bond motifs is 1. The van der Waals surface area contributed by atoms with E-state index < -0.39 is 0 Å². The van der Waals surface area contributed by atoms with Crippen molar-refractivity contribution >= 4 is 29.4 Å². The summed E-state index contributed by atoms with van der Waals surface area (Å²) in [5, 5.41) is 11.1. The van der Waals surface area contributed by atoms with Crippen molar-refractivity contribution in [2.24, 2.45) is 0 Å². The van der Waals surface area contributed by atoms with E-state index in [2.05, 4.69) is 27.7 Å². The van der Waals surface area contributed by atoms with E-state index in [4.69, 9.17) is 4.52 Å². The molecule has 1 aliphatic heterocycles. The van der Waals surface area contributed by atoms with Crippen LogP contribution in [0, 0.1) is 12.7 Å². The van der Waals surface area contributed by atoms with Crippen LogP contribution in [0.3, 0.4) is 0 Å². The number of pyridine rings is 1. The SMILES string of the molecule is Cc1noc2nc(-c3ccc(F)cc3)cc(C(=O)NC3CCNC(C)C3)c12.Cl. The van der Waals surface area contributed by atoms with Crippen LogP contribution in [0.2, 0.25) is 0 Å². The largest absolute Gasteiger partial charge is 0.349 e. The minimum Gasteiger partial charge on any atom is -0.349 e. The summed E-state index contributed by atoms with van der Waals surface area (Å²) in [7, 11) is 0. The van der Waals surface area contributed by atoms with Crippen LogP contribution >= 0.6 is 12.4 Å². The molecular weight excluding hydrogens is 383 g/mol. The van der Waals surface area contributed by atoms with Gasteiger partial charge >= 0.3 is 0 Å². The minimum atomic E-state index is -0.326. The molecule has 0 spiro atoms. The minimum absolute atomic E-state index is 0. The van der Waals surface area contributed by atoms with E-state index in [1.807, 2.05) is 0 Å². The molecule has 1 fully saturated rings. The fourth-order valence-corrected chi connectivity index (χ4v) is 3.57. The smallest absolute Gasteiger partial charge is 0.259 e. The van der Waals surface area contributed by atoms with Crippen LogP contribution in [0.4, 0.5) is 4.39 Å². The van der Waals surface area contributed by atoms with Crippen molar-refractivity contribution in [3.8, 4) is 11.3 Å². The van der Waals surface area contributed by atoms with Gasteiger partial charge in [0.25, 0.3) is 11.6 Å². The molecule has 4 rings (SSSR count). The summed E-state index contributed by atoms with van der Waals surface area (Å²) in [4.78, 5) is 17.5. The van der Waals surface area contributed by atoms with Crippen molar-refractivity contribution in [1.29, 1.82) is 0 Å². The van der Waals surface area contributed by atoms with Crippen molar-refractivity contribution in [1.82, 2.24) is 20.8 Å². The number of aromatic nitrogens is 2. The number of amides is 1. The van der Waals surface area contributed by atoms with E-state index in [9.17, 15) is 9.18 Å². The Hall–Kier alpha value is -2.51. The molecule has 2 unspecified atom stereocenters. The van der Waals surface area contributed by atoms with Crippen LogP contribution in [-0.2, 0) is 0 Å². The Morgan fingerprint density at radius 2 is 2.07 bits per heavy atom. The van der Waals surface area contributed by atoms with Crippen molar-refractivity contribution in [3.63, 3.8) is 0 Å². The maximum Gasteiger partial charge on any atom is 0.259 e. The Bertz CT molecular complexity index is 990. The summed E-state index contributed by atoms with van der Waals surface area (Å²) < 4.78 is 18.5. The molecule has 2 atom stereocenters. The van der Waals surface area contributed by atoms with Crippen molar-refractivity contribution in [2.45, 2.75) is 38.8 Å². The molecule has 1 saturated heterocycles. The Balaban J connectivity index is 0.00000225. The van der Waals surface area contributed by atoms with Gasteiger partial charge in [-0.25, -0.2) is 9.37 Å². The molecule has 6 nitrogen and oxygen atoms in total. The summed E-state index contributed by atoms with van der Waals surface area (Å²) in [5.74, 6) is -0.496. The second kappa shape index (κ2) is 8.24. The summed E-state index contributed by atoms with van der Waals surface area (Å²) >= 11 is 0. The lowest BCUT2D eigenvalue weighted by atomic mass is 9.99. The van der Waals surface area contributed by atoms with Gasteiger partial charge in [-0.15, -0.1) is 12.4 Å². The fraction of sp³-hybridized carbons (Fsp3) is 0.350. The van der Waals surface area contributed by atoms with Crippen molar-refractivity contribution < 1.29 is 13.7 Å². The van der Waals surface area contributed by atoms with E-state index in [-0.39, 0.29) is 30.2 Å². The van der Waals surface area contributed by atoms with Gasteiger partial charge in [0.1, 0.15) is 5.82 Å². The number of carbonyl (C=O) groups excluding carboxylic acids is 1. The monoisotopic (exact) mass is 404 g/mol. The first kappa shape index (κ1) is 20.2. The maximum atomic E-state index is 13.2. The van der Waals surface area contributed by atoms with Gasteiger partial charge in [-0.1, -0.05) is 5.16 Å². The molecule has 0 aliphatic carbocycles. The molecule has 2 aromatic heterocycles. The van der Waals surface area contributed by atoms with Crippen LogP contribution in [0.1, 0.15) is 35.8 Å². The molecule has 2 N–H and O–H groups in total. The highest BCUT2D eigenvalue weighted by molar-refractivity contribution is 6.07. The summed E-state index contributed by atoms with van der Waals surface area (Å²) in [5.41, 5.74) is 2.65. The number of carbonyl (C=O) groups is 1. The second-order valence-corrected chi connectivity index (χ2v) is 7.06. The summed E-state index contributed by atoms with van der Waals surface area (Å²) in [6.45, 7) is 4.78. The molecule has 148 valence electrons. The predicted molar refractivity (Wildman–Crippen MR) is 107 cm³/mol. The first-order valence-corrected chi connectivity index (χ1v) is 9.08. The van der Waals surface area contributed by atoms with E-state index in [1.54, 1.807) is 25.1 Å². The van der Waals surface area contributed by atoms with Gasteiger partial charge < -0.3 is 15.2 Å². The Morgan fingerprint density at radius 3 is 2.79 bits per heavy atom. The topological polar surface area (TPSA) is 80.0 Å². The number of hydrogen-bond acceptors (Lipinski definition) is 5. The maximum absolute atomic E-state index is 13.2. The molecule has 28 heavy (non-hydrogen) atoms. The molecule has 1 aliphatic rings. The van der Waals surface area contributed by atoms with E-state index in [0.717, 1.165) is 19.4 Å². The normalized spacial score (nSPS) is 19.2. The lowest BCUT2D eigenvalue weighted by Crippen LogP contribution is -2.46. The number of benzene rings is 1. The number of nitrogens with zero attached hydrogens (tertiary/aromatic N) is 2. The second-order valence-electron chi connectivity index (χ2n) is 7.06. The van der Waals surface area contributed by atoms with Crippen LogP contribution in [-0.4, -0.2) is 34.7 Å². The standard InChI is InChI=1S/C20H21FN4O2.ClH/c1-11-9-15(7-8-22-11)23-19(26)16-10-17(13-3-5-14(21)6-4-13)24-20-18(16)12(2)25-27-20;/h3-6,10-11,15,22H,7-9H2,1-2H3,(H,23,26);1H. The summed E-state index contributed by atoms with van der Waals surface area (Å²) in [6, 6.07) is 8.19. The molecule has 3 aromatic rings.